The third kappa shape index (κ3) is 6.96. The van der Waals surface area contributed by atoms with Crippen LogP contribution in [0, 0.1) is 45.3 Å². The molecule has 2 aliphatic heterocycles. The van der Waals surface area contributed by atoms with Crippen LogP contribution >= 0.6 is 0 Å². The molecular weight excluding hydrogens is 644 g/mol. The highest BCUT2D eigenvalue weighted by atomic mass is 32.2. The standard InChI is InChI=1S/C36H28N6O6S/c37-21-25-17-33(41-9-13-45-14-10-41)35(19-27(25)23-39)47-29-1-5-31(6-2-29)49(43,44)32-7-3-30(4-8-32)48-36-20-28(24-40)26(22-38)18-34(36)42-11-15-46-16-12-42/h1-8,17-20H,9-16H2. The molecule has 0 bridgehead atoms. The maximum Gasteiger partial charge on any atom is 0.206 e. The molecule has 2 heterocycles. The summed E-state index contributed by atoms with van der Waals surface area (Å²) in [6, 6.07) is 26.3. The maximum atomic E-state index is 13.6. The molecule has 0 atom stereocenters. The minimum atomic E-state index is -3.92. The molecule has 6 rings (SSSR count). The van der Waals surface area contributed by atoms with Gasteiger partial charge < -0.3 is 28.7 Å². The predicted octanol–water partition coefficient (Wildman–Crippen LogP) is 5.26. The SMILES string of the molecule is N#Cc1cc(Oc2ccc(S(=O)(=O)c3ccc(Oc4cc(C#N)c(C#N)cc4N4CCOCC4)cc3)cc2)c(N2CCOCC2)cc1C#N. The van der Waals surface area contributed by atoms with Gasteiger partial charge in [-0.25, -0.2) is 8.42 Å². The van der Waals surface area contributed by atoms with Crippen molar-refractivity contribution in [1.29, 1.82) is 21.0 Å². The molecule has 12 nitrogen and oxygen atoms in total. The molecule has 2 aliphatic rings. The van der Waals surface area contributed by atoms with Crippen molar-refractivity contribution in [3.05, 3.63) is 95.1 Å². The lowest BCUT2D eigenvalue weighted by Crippen LogP contribution is -2.36. The summed E-state index contributed by atoms with van der Waals surface area (Å²) in [5.74, 6) is 1.43. The molecule has 4 aromatic carbocycles. The van der Waals surface area contributed by atoms with E-state index in [0.717, 1.165) is 0 Å². The fourth-order valence-corrected chi connectivity index (χ4v) is 6.80. The third-order valence-corrected chi connectivity index (χ3v) is 9.89. The van der Waals surface area contributed by atoms with Crippen molar-refractivity contribution >= 4 is 21.2 Å². The van der Waals surface area contributed by atoms with Crippen molar-refractivity contribution in [1.82, 2.24) is 0 Å². The Labute approximate surface area is 283 Å². The summed E-state index contributed by atoms with van der Waals surface area (Å²) >= 11 is 0. The van der Waals surface area contributed by atoms with E-state index >= 15 is 0 Å². The molecule has 0 radical (unpaired) electrons. The lowest BCUT2D eigenvalue weighted by molar-refractivity contribution is 0.122. The van der Waals surface area contributed by atoms with Crippen molar-refractivity contribution in [2.24, 2.45) is 0 Å². The van der Waals surface area contributed by atoms with E-state index in [1.165, 1.54) is 60.7 Å². The van der Waals surface area contributed by atoms with Gasteiger partial charge in [0.1, 0.15) is 35.8 Å². The summed E-state index contributed by atoms with van der Waals surface area (Å²) in [6.07, 6.45) is 0. The van der Waals surface area contributed by atoms with E-state index in [9.17, 15) is 29.5 Å². The summed E-state index contributed by atoms with van der Waals surface area (Å²) in [5, 5.41) is 38.3. The van der Waals surface area contributed by atoms with Crippen LogP contribution < -0.4 is 19.3 Å². The average Bonchev–Trinajstić information content (AvgIpc) is 3.15. The zero-order valence-corrected chi connectivity index (χ0v) is 26.9. The molecule has 4 aromatic rings. The van der Waals surface area contributed by atoms with Gasteiger partial charge in [0, 0.05) is 38.3 Å². The van der Waals surface area contributed by atoms with Crippen LogP contribution in [-0.2, 0) is 19.3 Å². The molecule has 244 valence electrons. The largest absolute Gasteiger partial charge is 0.455 e. The maximum absolute atomic E-state index is 13.6. The highest BCUT2D eigenvalue weighted by Gasteiger charge is 2.23. The van der Waals surface area contributed by atoms with Crippen molar-refractivity contribution < 1.29 is 27.4 Å². The second-order valence-electron chi connectivity index (χ2n) is 11.0. The Morgan fingerprint density at radius 1 is 0.531 bits per heavy atom. The lowest BCUT2D eigenvalue weighted by atomic mass is 10.1. The quantitative estimate of drug-likeness (QED) is 0.238. The summed E-state index contributed by atoms with van der Waals surface area (Å²) < 4.78 is 50.3. The molecule has 0 spiro atoms. The molecule has 2 fully saturated rings. The molecule has 0 unspecified atom stereocenters. The fourth-order valence-electron chi connectivity index (χ4n) is 5.54. The fraction of sp³-hybridized carbons (Fsp3) is 0.222. The smallest absolute Gasteiger partial charge is 0.206 e. The van der Waals surface area contributed by atoms with E-state index < -0.39 is 9.84 Å². The van der Waals surface area contributed by atoms with Crippen LogP contribution in [0.1, 0.15) is 22.3 Å². The minimum Gasteiger partial charge on any atom is -0.455 e. The van der Waals surface area contributed by atoms with Crippen LogP contribution in [-0.4, -0.2) is 61.0 Å². The normalized spacial score (nSPS) is 14.5. The van der Waals surface area contributed by atoms with Gasteiger partial charge in [0.2, 0.25) is 9.84 Å². The number of benzene rings is 4. The van der Waals surface area contributed by atoms with Gasteiger partial charge in [0.25, 0.3) is 0 Å². The van der Waals surface area contributed by atoms with Crippen molar-refractivity contribution in [2.75, 3.05) is 62.4 Å². The van der Waals surface area contributed by atoms with E-state index in [1.54, 1.807) is 12.1 Å². The Morgan fingerprint density at radius 3 is 1.18 bits per heavy atom. The van der Waals surface area contributed by atoms with Crippen LogP contribution in [0.2, 0.25) is 0 Å². The van der Waals surface area contributed by atoms with Gasteiger partial charge in [-0.1, -0.05) is 0 Å². The lowest BCUT2D eigenvalue weighted by Gasteiger charge is -2.30. The summed E-state index contributed by atoms with van der Waals surface area (Å²) in [5.41, 5.74) is 2.08. The van der Waals surface area contributed by atoms with Gasteiger partial charge in [-0.15, -0.1) is 0 Å². The van der Waals surface area contributed by atoms with Crippen molar-refractivity contribution in [2.45, 2.75) is 9.79 Å². The third-order valence-electron chi connectivity index (χ3n) is 8.11. The number of anilines is 2. The van der Waals surface area contributed by atoms with E-state index in [4.69, 9.17) is 18.9 Å². The number of nitrogens with zero attached hydrogens (tertiary/aromatic N) is 6. The first-order valence-corrected chi connectivity index (χ1v) is 16.8. The van der Waals surface area contributed by atoms with Crippen LogP contribution in [0.15, 0.2) is 82.6 Å². The minimum absolute atomic E-state index is 0.0415. The molecule has 0 aliphatic carbocycles. The molecule has 49 heavy (non-hydrogen) atoms. The first-order valence-electron chi connectivity index (χ1n) is 15.3. The van der Waals surface area contributed by atoms with E-state index in [2.05, 4.69) is 12.1 Å². The number of sulfone groups is 1. The van der Waals surface area contributed by atoms with E-state index in [1.807, 2.05) is 21.9 Å². The Morgan fingerprint density at radius 2 is 0.857 bits per heavy atom. The molecule has 0 saturated carbocycles. The van der Waals surface area contributed by atoms with E-state index in [0.29, 0.717) is 87.0 Å². The van der Waals surface area contributed by atoms with E-state index in [-0.39, 0.29) is 32.0 Å². The highest BCUT2D eigenvalue weighted by Crippen LogP contribution is 2.38. The number of hydrogen-bond donors (Lipinski definition) is 0. The second kappa shape index (κ2) is 14.4. The molecule has 2 saturated heterocycles. The van der Waals surface area contributed by atoms with Crippen molar-refractivity contribution in [3.8, 4) is 47.3 Å². The van der Waals surface area contributed by atoms with Crippen LogP contribution in [0.4, 0.5) is 11.4 Å². The topological polar surface area (TPSA) is 173 Å². The number of hydrogen-bond acceptors (Lipinski definition) is 12. The molecule has 13 heteroatoms. The molecule has 0 amide bonds. The molecule has 0 N–H and O–H groups in total. The first kappa shape index (κ1) is 32.8. The summed E-state index contributed by atoms with van der Waals surface area (Å²) in [6.45, 7) is 4.36. The van der Waals surface area contributed by atoms with Gasteiger partial charge in [-0.2, -0.15) is 21.0 Å². The summed E-state index contributed by atoms with van der Waals surface area (Å²) in [4.78, 5) is 4.11. The zero-order chi connectivity index (χ0) is 34.4. The number of morpholine rings is 2. The van der Waals surface area contributed by atoms with Crippen LogP contribution in [0.5, 0.6) is 23.0 Å². The van der Waals surface area contributed by atoms with Crippen LogP contribution in [0.3, 0.4) is 0 Å². The number of ether oxygens (including phenoxy) is 4. The first-order chi connectivity index (χ1) is 23.8. The Bertz CT molecular complexity index is 2000. The zero-order valence-electron chi connectivity index (χ0n) is 26.1. The Hall–Kier alpha value is -6.09. The number of rotatable bonds is 8. The Kier molecular flexibility index (Phi) is 9.62. The van der Waals surface area contributed by atoms with Gasteiger partial charge in [0.15, 0.2) is 11.5 Å². The van der Waals surface area contributed by atoms with Gasteiger partial charge >= 0.3 is 0 Å². The Balaban J connectivity index is 1.22. The monoisotopic (exact) mass is 672 g/mol. The average molecular weight is 673 g/mol. The predicted molar refractivity (Wildman–Crippen MR) is 176 cm³/mol. The van der Waals surface area contributed by atoms with Gasteiger partial charge in [-0.05, 0) is 60.7 Å². The number of nitriles is 4. The van der Waals surface area contributed by atoms with Gasteiger partial charge in [0.05, 0.1) is 69.8 Å². The van der Waals surface area contributed by atoms with Crippen molar-refractivity contribution in [3.63, 3.8) is 0 Å². The highest BCUT2D eigenvalue weighted by molar-refractivity contribution is 7.91. The molecular formula is C36H28N6O6S. The van der Waals surface area contributed by atoms with Crippen LogP contribution in [0.25, 0.3) is 0 Å². The summed E-state index contributed by atoms with van der Waals surface area (Å²) in [7, 11) is -3.92. The second-order valence-corrected chi connectivity index (χ2v) is 13.0. The van der Waals surface area contributed by atoms with Gasteiger partial charge in [-0.3, -0.25) is 0 Å². The molecule has 0 aromatic heterocycles.